The minimum atomic E-state index is -1.38. The molecule has 18 heteroatoms. The van der Waals surface area contributed by atoms with Crippen LogP contribution >= 0.6 is 0 Å². The van der Waals surface area contributed by atoms with Crippen LogP contribution in [0.5, 0.6) is 0 Å². The van der Waals surface area contributed by atoms with Crippen LogP contribution in [0.3, 0.4) is 0 Å². The number of imidazole rings is 1. The highest BCUT2D eigenvalue weighted by atomic mass is 16.3. The number of nitrogens with one attached hydrogen (secondary N) is 6. The fourth-order valence-corrected chi connectivity index (χ4v) is 6.08. The maximum atomic E-state index is 13.8. The van der Waals surface area contributed by atoms with Gasteiger partial charge in [0, 0.05) is 44.7 Å². The maximum Gasteiger partial charge on any atom is 0.245 e. The first-order valence-corrected chi connectivity index (χ1v) is 20.2. The number of primary amides is 1. The first-order valence-electron chi connectivity index (χ1n) is 20.2. The van der Waals surface area contributed by atoms with E-state index in [4.69, 9.17) is 17.2 Å². The van der Waals surface area contributed by atoms with E-state index >= 15 is 0 Å². The minimum absolute atomic E-state index is 0.0245. The number of hydrogen-bond donors (Lipinski definition) is 10. The zero-order chi connectivity index (χ0) is 41.7. The number of aliphatic imine (C=N–C) groups is 1. The molecule has 5 atom stereocenters. The van der Waals surface area contributed by atoms with E-state index in [0.717, 1.165) is 19.3 Å². The Morgan fingerprint density at radius 3 is 1.75 bits per heavy atom. The summed E-state index contributed by atoms with van der Waals surface area (Å²) in [6.07, 6.45) is 16.9. The van der Waals surface area contributed by atoms with Gasteiger partial charge in [0.2, 0.25) is 35.4 Å². The summed E-state index contributed by atoms with van der Waals surface area (Å²) in [5.41, 5.74) is 16.8. The van der Waals surface area contributed by atoms with Gasteiger partial charge in [-0.05, 0) is 32.6 Å². The van der Waals surface area contributed by atoms with Gasteiger partial charge in [0.1, 0.15) is 24.2 Å². The second-order valence-electron chi connectivity index (χ2n) is 14.3. The molecular formula is C38H69N11O7. The zero-order valence-electron chi connectivity index (χ0n) is 33.7. The van der Waals surface area contributed by atoms with Crippen molar-refractivity contribution in [2.75, 3.05) is 13.6 Å². The fourth-order valence-electron chi connectivity index (χ4n) is 6.08. The number of guanidine groups is 1. The number of aromatic amines is 1. The van der Waals surface area contributed by atoms with Crippen LogP contribution in [0.1, 0.15) is 135 Å². The number of rotatable bonds is 32. The lowest BCUT2D eigenvalue weighted by atomic mass is 10.0. The van der Waals surface area contributed by atoms with Crippen molar-refractivity contribution in [2.24, 2.45) is 22.2 Å². The molecule has 13 N–H and O–H groups in total. The predicted octanol–water partition coefficient (Wildman–Crippen LogP) is 0.819. The Bertz CT molecular complexity index is 1340. The molecule has 56 heavy (non-hydrogen) atoms. The molecule has 0 spiro atoms. The number of nitrogens with two attached hydrogens (primary N) is 3. The number of aromatic nitrogens is 2. The summed E-state index contributed by atoms with van der Waals surface area (Å²) in [5.74, 6) is -4.21. The van der Waals surface area contributed by atoms with Crippen LogP contribution in [0.2, 0.25) is 0 Å². The van der Waals surface area contributed by atoms with Gasteiger partial charge < -0.3 is 53.9 Å². The Balaban J connectivity index is 2.97. The Morgan fingerprint density at radius 1 is 0.714 bits per heavy atom. The molecule has 1 aromatic rings. The SMILES string of the molecule is CCCCCCCCCCCCCCCC(=O)N[C@@H](Cc1cnc[nH]1)C(=O)N[C@@H](CCCN=C(N)N)C(=O)N[C@@H](CCC(N)=O)C(=O)N[C@H](C(=O)NC)[C@@H](C)O. The molecule has 0 bridgehead atoms. The van der Waals surface area contributed by atoms with Gasteiger partial charge in [0.05, 0.1) is 12.4 Å². The minimum Gasteiger partial charge on any atom is -0.391 e. The first kappa shape index (κ1) is 49.3. The van der Waals surface area contributed by atoms with Gasteiger partial charge in [-0.3, -0.25) is 33.8 Å². The third-order valence-electron chi connectivity index (χ3n) is 9.34. The fraction of sp³-hybridized carbons (Fsp3) is 0.737. The summed E-state index contributed by atoms with van der Waals surface area (Å²) in [7, 11) is 1.33. The average Bonchev–Trinajstić information content (AvgIpc) is 3.67. The maximum absolute atomic E-state index is 13.8. The van der Waals surface area contributed by atoms with Crippen molar-refractivity contribution in [3.05, 3.63) is 18.2 Å². The Hall–Kier alpha value is -4.74. The van der Waals surface area contributed by atoms with Crippen molar-refractivity contribution in [3.63, 3.8) is 0 Å². The molecule has 0 unspecified atom stereocenters. The number of aliphatic hydroxyl groups is 1. The average molecular weight is 792 g/mol. The van der Waals surface area contributed by atoms with Crippen molar-refractivity contribution in [1.29, 1.82) is 0 Å². The highest BCUT2D eigenvalue weighted by Crippen LogP contribution is 2.13. The Kier molecular flexibility index (Phi) is 26.0. The lowest BCUT2D eigenvalue weighted by Gasteiger charge is -2.27. The third-order valence-corrected chi connectivity index (χ3v) is 9.34. The molecule has 0 aromatic carbocycles. The van der Waals surface area contributed by atoms with Crippen LogP contribution in [0, 0.1) is 0 Å². The summed E-state index contributed by atoms with van der Waals surface area (Å²) >= 11 is 0. The molecule has 0 aliphatic carbocycles. The van der Waals surface area contributed by atoms with Crippen molar-refractivity contribution >= 4 is 41.4 Å². The highest BCUT2D eigenvalue weighted by molar-refractivity contribution is 5.96. The smallest absolute Gasteiger partial charge is 0.245 e. The number of nitrogens with zero attached hydrogens (tertiary/aromatic N) is 2. The van der Waals surface area contributed by atoms with Crippen molar-refractivity contribution in [1.82, 2.24) is 36.6 Å². The van der Waals surface area contributed by atoms with Gasteiger partial charge in [0.25, 0.3) is 0 Å². The molecule has 0 radical (unpaired) electrons. The van der Waals surface area contributed by atoms with Gasteiger partial charge in [-0.1, -0.05) is 84.0 Å². The van der Waals surface area contributed by atoms with Gasteiger partial charge in [-0.2, -0.15) is 0 Å². The van der Waals surface area contributed by atoms with E-state index in [1.807, 2.05) is 0 Å². The van der Waals surface area contributed by atoms with E-state index in [-0.39, 0.29) is 56.9 Å². The number of H-pyrrole nitrogens is 1. The Labute approximate surface area is 331 Å². The van der Waals surface area contributed by atoms with Gasteiger partial charge >= 0.3 is 0 Å². The van der Waals surface area contributed by atoms with E-state index in [0.29, 0.717) is 12.1 Å². The van der Waals surface area contributed by atoms with Crippen LogP contribution in [-0.4, -0.2) is 100 Å². The summed E-state index contributed by atoms with van der Waals surface area (Å²) < 4.78 is 0. The number of amides is 6. The van der Waals surface area contributed by atoms with Crippen LogP contribution in [0.15, 0.2) is 17.5 Å². The number of hydrogen-bond acceptors (Lipinski definition) is 9. The first-order chi connectivity index (χ1) is 26.8. The number of aliphatic hydroxyl groups excluding tert-OH is 1. The van der Waals surface area contributed by atoms with E-state index in [9.17, 15) is 33.9 Å². The van der Waals surface area contributed by atoms with E-state index in [1.54, 1.807) is 0 Å². The van der Waals surface area contributed by atoms with Crippen molar-refractivity contribution < 1.29 is 33.9 Å². The number of likely N-dealkylation sites (N-methyl/N-ethyl adjacent to an activating group) is 1. The van der Waals surface area contributed by atoms with E-state index < -0.39 is 59.8 Å². The molecule has 1 aromatic heterocycles. The topological polar surface area (TPSA) is 302 Å². The van der Waals surface area contributed by atoms with Crippen LogP contribution in [-0.2, 0) is 35.2 Å². The summed E-state index contributed by atoms with van der Waals surface area (Å²) in [6.45, 7) is 3.66. The molecule has 1 rings (SSSR count). The van der Waals surface area contributed by atoms with Gasteiger partial charge in [-0.25, -0.2) is 4.98 Å². The largest absolute Gasteiger partial charge is 0.391 e. The predicted molar refractivity (Wildman–Crippen MR) is 214 cm³/mol. The molecular weight excluding hydrogens is 722 g/mol. The second-order valence-corrected chi connectivity index (χ2v) is 14.3. The normalized spacial score (nSPS) is 13.6. The van der Waals surface area contributed by atoms with Crippen LogP contribution in [0.4, 0.5) is 0 Å². The lowest BCUT2D eigenvalue weighted by molar-refractivity contribution is -0.135. The zero-order valence-corrected chi connectivity index (χ0v) is 33.7. The molecule has 318 valence electrons. The molecule has 0 aliphatic heterocycles. The van der Waals surface area contributed by atoms with Crippen molar-refractivity contribution in [2.45, 2.75) is 166 Å². The summed E-state index contributed by atoms with van der Waals surface area (Å²) in [5, 5.41) is 22.9. The van der Waals surface area contributed by atoms with Gasteiger partial charge in [-0.15, -0.1) is 0 Å². The second kappa shape index (κ2) is 29.5. The molecule has 0 saturated carbocycles. The standard InChI is InChI=1S/C38H69N11O7/c1-4-5-6-7-8-9-10-11-12-13-14-15-16-19-32(52)46-30(23-27-24-43-25-45-27)36(55)47-28(18-17-22-44-38(40)41)34(53)48-29(20-21-31(39)51)35(54)49-33(26(2)50)37(56)42-3/h24-26,28-30,33,50H,4-23H2,1-3H3,(H2,39,51)(H,42,56)(H,43,45)(H,46,52)(H,47,55)(H,48,53)(H,49,54)(H4,40,41,44)/t26-,28+,29+,30+,33+/m1/s1. The summed E-state index contributed by atoms with van der Waals surface area (Å²) in [4.78, 5) is 88.7. The molecule has 18 nitrogen and oxygen atoms in total. The quantitative estimate of drug-likeness (QED) is 0.0278. The highest BCUT2D eigenvalue weighted by Gasteiger charge is 2.32. The van der Waals surface area contributed by atoms with Crippen LogP contribution < -0.4 is 43.8 Å². The summed E-state index contributed by atoms with van der Waals surface area (Å²) in [6, 6.07) is -5.05. The Morgan fingerprint density at radius 2 is 1.25 bits per heavy atom. The molecule has 0 fully saturated rings. The molecule has 6 amide bonds. The van der Waals surface area contributed by atoms with E-state index in [2.05, 4.69) is 48.5 Å². The molecule has 0 aliphatic rings. The van der Waals surface area contributed by atoms with Crippen LogP contribution in [0.25, 0.3) is 0 Å². The van der Waals surface area contributed by atoms with Gasteiger partial charge in [0.15, 0.2) is 5.96 Å². The lowest BCUT2D eigenvalue weighted by Crippen LogP contribution is -2.59. The monoisotopic (exact) mass is 792 g/mol. The van der Waals surface area contributed by atoms with Crippen molar-refractivity contribution in [3.8, 4) is 0 Å². The third kappa shape index (κ3) is 22.6. The molecule has 0 saturated heterocycles. The number of carbonyl (C=O) groups is 6. The number of unbranched alkanes of at least 4 members (excludes halogenated alkanes) is 12. The van der Waals surface area contributed by atoms with E-state index in [1.165, 1.54) is 84.3 Å². The molecule has 1 heterocycles. The number of carbonyl (C=O) groups excluding carboxylic acids is 6.